The Morgan fingerprint density at radius 3 is 2.26 bits per heavy atom. The Labute approximate surface area is 206 Å². The highest BCUT2D eigenvalue weighted by molar-refractivity contribution is 7.92. The first-order valence-corrected chi connectivity index (χ1v) is 12.8. The normalized spacial score (nSPS) is 12.1. The zero-order chi connectivity index (χ0) is 26.0. The van der Waals surface area contributed by atoms with E-state index in [-0.39, 0.29) is 17.0 Å². The van der Waals surface area contributed by atoms with Gasteiger partial charge in [-0.05, 0) is 53.3 Å². The van der Waals surface area contributed by atoms with Crippen molar-refractivity contribution in [3.05, 3.63) is 69.1 Å². The quantitative estimate of drug-likeness (QED) is 0.462. The average Bonchev–Trinajstić information content (AvgIpc) is 2.76. The number of aryl methyl sites for hydroxylation is 1. The van der Waals surface area contributed by atoms with Crippen molar-refractivity contribution in [2.45, 2.75) is 33.1 Å². The van der Waals surface area contributed by atoms with Crippen molar-refractivity contribution in [1.29, 1.82) is 0 Å². The Hall–Kier alpha value is -3.59. The lowest BCUT2D eigenvalue weighted by molar-refractivity contribution is 0.378. The average molecular weight is 498 g/mol. The summed E-state index contributed by atoms with van der Waals surface area (Å²) in [6, 6.07) is 9.32. The van der Waals surface area contributed by atoms with E-state index in [1.807, 2.05) is 37.3 Å². The van der Waals surface area contributed by atoms with Gasteiger partial charge in [-0.25, -0.2) is 13.4 Å². The number of hydrogen-bond acceptors (Lipinski definition) is 6. The molecular weight excluding hydrogens is 466 g/mol. The van der Waals surface area contributed by atoms with Crippen LogP contribution in [0, 0.1) is 6.92 Å². The van der Waals surface area contributed by atoms with Crippen LogP contribution in [0.3, 0.4) is 0 Å². The van der Waals surface area contributed by atoms with Gasteiger partial charge in [0, 0.05) is 23.0 Å². The van der Waals surface area contributed by atoms with Crippen molar-refractivity contribution < 1.29 is 17.9 Å². The summed E-state index contributed by atoms with van der Waals surface area (Å²) in [7, 11) is -0.287. The van der Waals surface area contributed by atoms with Crippen molar-refractivity contribution in [3.8, 4) is 22.9 Å². The summed E-state index contributed by atoms with van der Waals surface area (Å²) in [5, 5.41) is 0. The number of sulfonamides is 1. The fourth-order valence-electron chi connectivity index (χ4n) is 3.72. The summed E-state index contributed by atoms with van der Waals surface area (Å²) in [5.41, 5.74) is 4.61. The van der Waals surface area contributed by atoms with Crippen molar-refractivity contribution in [2.75, 3.05) is 25.2 Å². The minimum atomic E-state index is -3.35. The minimum Gasteiger partial charge on any atom is -0.496 e. The molecule has 0 spiro atoms. The van der Waals surface area contributed by atoms with Gasteiger partial charge >= 0.3 is 0 Å². The third kappa shape index (κ3) is 6.30. The maximum absolute atomic E-state index is 12.7. The molecule has 0 fully saturated rings. The van der Waals surface area contributed by atoms with Gasteiger partial charge in [0.25, 0.3) is 11.6 Å². The molecule has 0 atom stereocenters. The summed E-state index contributed by atoms with van der Waals surface area (Å²) in [6.07, 6.45) is 6.47. The zero-order valence-corrected chi connectivity index (χ0v) is 21.8. The number of hydrogen-bond donors (Lipinski definition) is 2. The predicted molar refractivity (Wildman–Crippen MR) is 141 cm³/mol. The first-order chi connectivity index (χ1) is 16.3. The monoisotopic (exact) mass is 497 g/mol. The Morgan fingerprint density at radius 1 is 1.03 bits per heavy atom. The molecule has 9 heteroatoms. The van der Waals surface area contributed by atoms with Gasteiger partial charge in [0.2, 0.25) is 10.0 Å². The van der Waals surface area contributed by atoms with E-state index in [9.17, 15) is 13.2 Å². The van der Waals surface area contributed by atoms with Crippen LogP contribution in [0.1, 0.15) is 43.0 Å². The number of methoxy groups -OCH3 is 2. The zero-order valence-electron chi connectivity index (χ0n) is 21.0. The number of rotatable bonds is 7. The number of H-pyrrole nitrogens is 1. The van der Waals surface area contributed by atoms with Gasteiger partial charge in [-0.1, -0.05) is 39.0 Å². The minimum absolute atomic E-state index is 0.146. The fourth-order valence-corrected chi connectivity index (χ4v) is 4.28. The highest BCUT2D eigenvalue weighted by atomic mass is 32.2. The van der Waals surface area contributed by atoms with Crippen molar-refractivity contribution in [3.63, 3.8) is 0 Å². The molecule has 8 nitrogen and oxygen atoms in total. The molecule has 35 heavy (non-hydrogen) atoms. The molecule has 1 heterocycles. The number of nitrogens with one attached hydrogen (secondary N) is 2. The molecule has 186 valence electrons. The van der Waals surface area contributed by atoms with Gasteiger partial charge in [0.05, 0.1) is 26.0 Å². The lowest BCUT2D eigenvalue weighted by atomic mass is 9.83. The number of anilines is 1. The van der Waals surface area contributed by atoms with E-state index in [1.54, 1.807) is 19.2 Å². The maximum Gasteiger partial charge on any atom is 0.296 e. The molecular formula is C26H31N3O5S. The van der Waals surface area contributed by atoms with Crippen LogP contribution in [-0.4, -0.2) is 38.9 Å². The van der Waals surface area contributed by atoms with E-state index in [0.717, 1.165) is 28.5 Å². The summed E-state index contributed by atoms with van der Waals surface area (Å²) < 4.78 is 36.4. The smallest absolute Gasteiger partial charge is 0.296 e. The Bertz CT molecular complexity index is 1430. The molecule has 2 N–H and O–H groups in total. The molecule has 1 aromatic heterocycles. The van der Waals surface area contributed by atoms with E-state index >= 15 is 0 Å². The third-order valence-electron chi connectivity index (χ3n) is 5.43. The van der Waals surface area contributed by atoms with Crippen LogP contribution in [0.15, 0.2) is 41.3 Å². The molecule has 0 saturated heterocycles. The van der Waals surface area contributed by atoms with Crippen molar-refractivity contribution >= 4 is 27.9 Å². The van der Waals surface area contributed by atoms with Gasteiger partial charge < -0.3 is 9.47 Å². The standard InChI is InChI=1S/C26H31N3O5S/c1-16-12-20(29-35(7,31)32)11-10-17(16)8-9-18-13-19(14-22(23(18)33-5)26(2,3)4)21-15-27-25(34-6)28-24(21)30/h8-15,29H,1-7H3,(H,27,28,30)/b9-8+. The van der Waals surface area contributed by atoms with Gasteiger partial charge in [-0.2, -0.15) is 0 Å². The number of aromatic amines is 1. The Balaban J connectivity index is 2.13. The first kappa shape index (κ1) is 26.0. The van der Waals surface area contributed by atoms with E-state index in [2.05, 4.69) is 35.5 Å². The van der Waals surface area contributed by atoms with Crippen LogP contribution < -0.4 is 19.8 Å². The van der Waals surface area contributed by atoms with Gasteiger partial charge in [0.1, 0.15) is 5.75 Å². The summed E-state index contributed by atoms with van der Waals surface area (Å²) in [5.74, 6) is 0.711. The van der Waals surface area contributed by atoms with E-state index in [1.165, 1.54) is 13.3 Å². The molecule has 0 aliphatic heterocycles. The van der Waals surface area contributed by atoms with Crippen molar-refractivity contribution in [2.24, 2.45) is 0 Å². The van der Waals surface area contributed by atoms with Crippen molar-refractivity contribution in [1.82, 2.24) is 9.97 Å². The Kier molecular flexibility index (Phi) is 7.40. The molecule has 0 bridgehead atoms. The lowest BCUT2D eigenvalue weighted by Gasteiger charge is -2.24. The molecule has 0 amide bonds. The second kappa shape index (κ2) is 9.95. The van der Waals surface area contributed by atoms with E-state index in [0.29, 0.717) is 22.6 Å². The van der Waals surface area contributed by atoms with Crippen LogP contribution in [0.2, 0.25) is 0 Å². The Morgan fingerprint density at radius 2 is 1.71 bits per heavy atom. The van der Waals surface area contributed by atoms with E-state index < -0.39 is 10.0 Å². The molecule has 0 unspecified atom stereocenters. The highest BCUT2D eigenvalue weighted by Crippen LogP contribution is 2.38. The summed E-state index contributed by atoms with van der Waals surface area (Å²) >= 11 is 0. The number of nitrogens with zero attached hydrogens (tertiary/aromatic N) is 1. The van der Waals surface area contributed by atoms with Crippen LogP contribution in [0.25, 0.3) is 23.3 Å². The third-order valence-corrected chi connectivity index (χ3v) is 6.03. The molecule has 0 aliphatic rings. The number of aromatic nitrogens is 2. The molecule has 3 rings (SSSR count). The number of ether oxygens (including phenoxy) is 2. The topological polar surface area (TPSA) is 110 Å². The van der Waals surface area contributed by atoms with Gasteiger partial charge in [-0.3, -0.25) is 14.5 Å². The summed E-state index contributed by atoms with van der Waals surface area (Å²) in [4.78, 5) is 19.5. The predicted octanol–water partition coefficient (Wildman–Crippen LogP) is 4.60. The van der Waals surface area contributed by atoms with E-state index in [4.69, 9.17) is 9.47 Å². The van der Waals surface area contributed by atoms with Crippen LogP contribution >= 0.6 is 0 Å². The second-order valence-corrected chi connectivity index (χ2v) is 11.1. The largest absolute Gasteiger partial charge is 0.496 e. The fraction of sp³-hybridized carbons (Fsp3) is 0.308. The second-order valence-electron chi connectivity index (χ2n) is 9.31. The van der Waals surface area contributed by atoms with Gasteiger partial charge in [-0.15, -0.1) is 0 Å². The van der Waals surface area contributed by atoms with Gasteiger partial charge in [0.15, 0.2) is 0 Å². The number of benzene rings is 2. The first-order valence-electron chi connectivity index (χ1n) is 10.9. The summed E-state index contributed by atoms with van der Waals surface area (Å²) in [6.45, 7) is 8.15. The molecule has 0 radical (unpaired) electrons. The molecule has 0 aliphatic carbocycles. The molecule has 0 saturated carbocycles. The van der Waals surface area contributed by atoms with Crippen LogP contribution in [0.5, 0.6) is 11.8 Å². The van der Waals surface area contributed by atoms with Crippen LogP contribution in [-0.2, 0) is 15.4 Å². The molecule has 2 aromatic carbocycles. The lowest BCUT2D eigenvalue weighted by Crippen LogP contribution is -2.15. The maximum atomic E-state index is 12.7. The van der Waals surface area contributed by atoms with Crippen LogP contribution in [0.4, 0.5) is 5.69 Å². The molecule has 3 aromatic rings. The highest BCUT2D eigenvalue weighted by Gasteiger charge is 2.23. The SMILES string of the molecule is COc1ncc(-c2cc(/C=C/c3ccc(NS(C)(=O)=O)cc3C)c(OC)c(C(C)(C)C)c2)c(=O)[nH]1.